The van der Waals surface area contributed by atoms with Gasteiger partial charge in [-0.05, 0) is 0 Å². The molecule has 0 saturated carbocycles. The number of aliphatic hydroxyl groups excluding tert-OH is 2. The summed E-state index contributed by atoms with van der Waals surface area (Å²) in [4.78, 5) is 24.7. The molecule has 10 heteroatoms. The van der Waals surface area contributed by atoms with Crippen molar-refractivity contribution < 1.29 is 23.3 Å². The SMILES string of the molecule is CS(=O)O[C@@H]1C(O)[C@H](n2ccc(=O)[nH]c2=O)O[C@@H]1CO. The van der Waals surface area contributed by atoms with Crippen LogP contribution >= 0.6 is 0 Å². The molecular weight excluding hydrogens is 292 g/mol. The highest BCUT2D eigenvalue weighted by molar-refractivity contribution is 7.79. The Morgan fingerprint density at radius 3 is 2.80 bits per heavy atom. The van der Waals surface area contributed by atoms with E-state index in [1.165, 1.54) is 6.26 Å². The minimum Gasteiger partial charge on any atom is -0.394 e. The Labute approximate surface area is 115 Å². The summed E-state index contributed by atoms with van der Waals surface area (Å²) in [6.07, 6.45) is -2.02. The summed E-state index contributed by atoms with van der Waals surface area (Å²) >= 11 is -1.68. The molecule has 1 aliphatic heterocycles. The fourth-order valence-corrected chi connectivity index (χ4v) is 2.55. The molecule has 0 radical (unpaired) electrons. The fourth-order valence-electron chi connectivity index (χ4n) is 2.00. The van der Waals surface area contributed by atoms with Crippen LogP contribution in [-0.2, 0) is 20.0 Å². The second kappa shape index (κ2) is 5.97. The molecule has 1 aromatic rings. The fraction of sp³-hybridized carbons (Fsp3) is 0.600. The van der Waals surface area contributed by atoms with E-state index in [2.05, 4.69) is 0 Å². The van der Waals surface area contributed by atoms with E-state index in [0.717, 1.165) is 16.8 Å². The average molecular weight is 306 g/mol. The van der Waals surface area contributed by atoms with Gasteiger partial charge in [-0.2, -0.15) is 0 Å². The summed E-state index contributed by atoms with van der Waals surface area (Å²) in [5, 5.41) is 19.3. The lowest BCUT2D eigenvalue weighted by molar-refractivity contribution is -0.0542. The zero-order valence-electron chi connectivity index (χ0n) is 10.5. The first-order valence-electron chi connectivity index (χ1n) is 5.70. The molecule has 0 amide bonds. The van der Waals surface area contributed by atoms with E-state index >= 15 is 0 Å². The van der Waals surface area contributed by atoms with Crippen molar-refractivity contribution in [3.8, 4) is 0 Å². The van der Waals surface area contributed by atoms with Gasteiger partial charge in [-0.1, -0.05) is 0 Å². The molecule has 0 bridgehead atoms. The van der Waals surface area contributed by atoms with Gasteiger partial charge < -0.3 is 14.9 Å². The van der Waals surface area contributed by atoms with Crippen LogP contribution in [0.3, 0.4) is 0 Å². The number of aliphatic hydroxyl groups is 2. The van der Waals surface area contributed by atoms with Gasteiger partial charge in [0, 0.05) is 18.5 Å². The Bertz CT molecular complexity index is 612. The van der Waals surface area contributed by atoms with E-state index in [1.54, 1.807) is 0 Å². The third-order valence-corrected chi connectivity index (χ3v) is 3.35. The van der Waals surface area contributed by atoms with Gasteiger partial charge >= 0.3 is 5.69 Å². The molecule has 2 unspecified atom stereocenters. The summed E-state index contributed by atoms with van der Waals surface area (Å²) < 4.78 is 22.4. The van der Waals surface area contributed by atoms with Gasteiger partial charge in [0.1, 0.15) is 18.3 Å². The number of H-pyrrole nitrogens is 1. The number of hydrogen-bond acceptors (Lipinski definition) is 7. The number of nitrogens with zero attached hydrogens (tertiary/aromatic N) is 1. The number of nitrogens with one attached hydrogen (secondary N) is 1. The van der Waals surface area contributed by atoms with E-state index in [1.807, 2.05) is 4.98 Å². The summed E-state index contributed by atoms with van der Waals surface area (Å²) in [5.74, 6) is 0. The van der Waals surface area contributed by atoms with E-state index < -0.39 is 53.5 Å². The number of rotatable bonds is 4. The molecule has 2 heterocycles. The van der Waals surface area contributed by atoms with Crippen molar-refractivity contribution in [2.24, 2.45) is 0 Å². The van der Waals surface area contributed by atoms with Crippen molar-refractivity contribution in [1.29, 1.82) is 0 Å². The highest BCUT2D eigenvalue weighted by atomic mass is 32.2. The van der Waals surface area contributed by atoms with E-state index in [4.69, 9.17) is 8.92 Å². The summed E-state index contributed by atoms with van der Waals surface area (Å²) in [5.41, 5.74) is -1.35. The smallest absolute Gasteiger partial charge is 0.330 e. The molecule has 5 atom stereocenters. The van der Waals surface area contributed by atoms with E-state index in [-0.39, 0.29) is 0 Å². The minimum absolute atomic E-state index is 0.479. The number of aromatic nitrogens is 2. The first-order chi connectivity index (χ1) is 9.43. The van der Waals surface area contributed by atoms with Crippen LogP contribution in [0.1, 0.15) is 6.23 Å². The van der Waals surface area contributed by atoms with Gasteiger partial charge in [0.2, 0.25) is 0 Å². The lowest BCUT2D eigenvalue weighted by Crippen LogP contribution is -2.39. The molecule has 112 valence electrons. The third-order valence-electron chi connectivity index (χ3n) is 2.86. The van der Waals surface area contributed by atoms with Crippen LogP contribution in [0.4, 0.5) is 0 Å². The lowest BCUT2D eigenvalue weighted by Gasteiger charge is -2.18. The molecule has 1 aliphatic rings. The van der Waals surface area contributed by atoms with Crippen LogP contribution in [0.15, 0.2) is 21.9 Å². The number of hydrogen-bond donors (Lipinski definition) is 3. The van der Waals surface area contributed by atoms with Gasteiger partial charge in [-0.3, -0.25) is 18.5 Å². The summed E-state index contributed by atoms with van der Waals surface area (Å²) in [6.45, 7) is -0.479. The number of ether oxygens (including phenoxy) is 1. The summed E-state index contributed by atoms with van der Waals surface area (Å²) in [6, 6.07) is 1.09. The lowest BCUT2D eigenvalue weighted by atomic mass is 10.1. The molecule has 1 aromatic heterocycles. The van der Waals surface area contributed by atoms with Gasteiger partial charge in [0.05, 0.1) is 6.61 Å². The second-order valence-corrected chi connectivity index (χ2v) is 5.21. The summed E-state index contributed by atoms with van der Waals surface area (Å²) in [7, 11) is 0. The Morgan fingerprint density at radius 2 is 2.25 bits per heavy atom. The Hall–Kier alpha value is -1.33. The molecule has 0 aromatic carbocycles. The van der Waals surface area contributed by atoms with Gasteiger partial charge in [-0.25, -0.2) is 9.00 Å². The van der Waals surface area contributed by atoms with Crippen LogP contribution < -0.4 is 11.2 Å². The molecule has 0 aliphatic carbocycles. The Morgan fingerprint density at radius 1 is 1.55 bits per heavy atom. The molecule has 1 saturated heterocycles. The van der Waals surface area contributed by atoms with Crippen molar-refractivity contribution in [1.82, 2.24) is 9.55 Å². The van der Waals surface area contributed by atoms with Crippen LogP contribution in [-0.4, -0.2) is 55.1 Å². The van der Waals surface area contributed by atoms with Crippen LogP contribution in [0.25, 0.3) is 0 Å². The standard InChI is InChI=1S/C10H14N2O7S/c1-20(17)19-8-5(4-13)18-9(7(8)15)12-3-2-6(14)11-10(12)16/h2-3,5,7-9,13,15H,4H2,1H3,(H,11,14,16)/t5-,7?,8+,9-,20?/m1/s1. The van der Waals surface area contributed by atoms with Crippen molar-refractivity contribution in [2.45, 2.75) is 24.5 Å². The molecular formula is C10H14N2O7S. The average Bonchev–Trinajstić information content (AvgIpc) is 2.67. The molecule has 9 nitrogen and oxygen atoms in total. The maximum Gasteiger partial charge on any atom is 0.330 e. The molecule has 2 rings (SSSR count). The minimum atomic E-state index is -1.68. The highest BCUT2D eigenvalue weighted by Gasteiger charge is 2.46. The quantitative estimate of drug-likeness (QED) is 0.559. The Kier molecular flexibility index (Phi) is 4.50. The monoisotopic (exact) mass is 306 g/mol. The van der Waals surface area contributed by atoms with E-state index in [9.17, 15) is 24.0 Å². The molecule has 3 N–H and O–H groups in total. The van der Waals surface area contributed by atoms with Crippen molar-refractivity contribution >= 4 is 11.1 Å². The van der Waals surface area contributed by atoms with Crippen molar-refractivity contribution in [3.05, 3.63) is 33.1 Å². The first kappa shape index (κ1) is 15.1. The third kappa shape index (κ3) is 2.88. The van der Waals surface area contributed by atoms with Crippen LogP contribution in [0, 0.1) is 0 Å². The predicted molar refractivity (Wildman–Crippen MR) is 67.3 cm³/mol. The number of aromatic amines is 1. The molecule has 0 spiro atoms. The zero-order valence-corrected chi connectivity index (χ0v) is 11.3. The Balaban J connectivity index is 2.32. The van der Waals surface area contributed by atoms with Gasteiger partial charge in [-0.15, -0.1) is 0 Å². The van der Waals surface area contributed by atoms with Crippen LogP contribution in [0.2, 0.25) is 0 Å². The largest absolute Gasteiger partial charge is 0.394 e. The molecule has 1 fully saturated rings. The first-order valence-corrected chi connectivity index (χ1v) is 7.18. The van der Waals surface area contributed by atoms with Crippen LogP contribution in [0.5, 0.6) is 0 Å². The maximum absolute atomic E-state index is 11.6. The molecule has 20 heavy (non-hydrogen) atoms. The van der Waals surface area contributed by atoms with Crippen molar-refractivity contribution in [3.63, 3.8) is 0 Å². The van der Waals surface area contributed by atoms with Gasteiger partial charge in [0.25, 0.3) is 5.56 Å². The highest BCUT2D eigenvalue weighted by Crippen LogP contribution is 2.30. The van der Waals surface area contributed by atoms with Gasteiger partial charge in [0.15, 0.2) is 17.3 Å². The topological polar surface area (TPSA) is 131 Å². The van der Waals surface area contributed by atoms with E-state index in [0.29, 0.717) is 0 Å². The van der Waals surface area contributed by atoms with Crippen molar-refractivity contribution in [2.75, 3.05) is 12.9 Å². The predicted octanol–water partition coefficient (Wildman–Crippen LogP) is -2.53. The second-order valence-electron chi connectivity index (χ2n) is 4.22. The normalized spacial score (nSPS) is 31.4. The maximum atomic E-state index is 11.6. The zero-order chi connectivity index (χ0) is 14.9.